The molecule has 4 nitrogen and oxygen atoms in total. The number of nitrogens with zero attached hydrogens (tertiary/aromatic N) is 1. The maximum atomic E-state index is 13.6. The van der Waals surface area contributed by atoms with Crippen molar-refractivity contribution in [2.45, 2.75) is 19.9 Å². The lowest BCUT2D eigenvalue weighted by molar-refractivity contribution is 0.0942. The molecular formula is C13H14FN3OS. The molecule has 0 spiro atoms. The van der Waals surface area contributed by atoms with E-state index in [2.05, 4.69) is 10.3 Å². The van der Waals surface area contributed by atoms with Crippen molar-refractivity contribution >= 4 is 22.4 Å². The van der Waals surface area contributed by atoms with Crippen LogP contribution in [-0.2, 0) is 0 Å². The van der Waals surface area contributed by atoms with Gasteiger partial charge < -0.3 is 11.1 Å². The summed E-state index contributed by atoms with van der Waals surface area (Å²) in [6.45, 7) is 3.45. The highest BCUT2D eigenvalue weighted by atomic mass is 32.1. The molecule has 0 saturated carbocycles. The summed E-state index contributed by atoms with van der Waals surface area (Å²) < 4.78 is 13.6. The first kappa shape index (κ1) is 13.5. The summed E-state index contributed by atoms with van der Waals surface area (Å²) in [5.41, 5.74) is 6.58. The van der Waals surface area contributed by atoms with Gasteiger partial charge in [0.15, 0.2) is 5.13 Å². The fourth-order valence-electron chi connectivity index (χ4n) is 1.79. The Morgan fingerprint density at radius 3 is 2.74 bits per heavy atom. The van der Waals surface area contributed by atoms with Crippen molar-refractivity contribution < 1.29 is 9.18 Å². The van der Waals surface area contributed by atoms with Gasteiger partial charge in [0.25, 0.3) is 5.91 Å². The lowest BCUT2D eigenvalue weighted by atomic mass is 10.1. The third kappa shape index (κ3) is 2.90. The maximum absolute atomic E-state index is 13.6. The standard InChI is InChI=1S/C13H14FN3OS/c1-7(9-5-3-4-6-10(9)14)16-12(18)11-8(2)17-13(15)19-11/h3-7H,1-2H3,(H2,15,17)(H,16,18)/t7-/m1/s1. The number of benzene rings is 1. The molecule has 19 heavy (non-hydrogen) atoms. The van der Waals surface area contributed by atoms with E-state index in [1.165, 1.54) is 6.07 Å². The molecule has 0 aliphatic carbocycles. The Balaban J connectivity index is 2.15. The van der Waals surface area contributed by atoms with Gasteiger partial charge in [0.1, 0.15) is 10.7 Å². The molecule has 2 aromatic rings. The SMILES string of the molecule is Cc1nc(N)sc1C(=O)N[C@H](C)c1ccccc1F. The van der Waals surface area contributed by atoms with Crippen LogP contribution in [0.4, 0.5) is 9.52 Å². The van der Waals surface area contributed by atoms with Crippen LogP contribution in [-0.4, -0.2) is 10.9 Å². The van der Waals surface area contributed by atoms with E-state index in [9.17, 15) is 9.18 Å². The summed E-state index contributed by atoms with van der Waals surface area (Å²) in [7, 11) is 0. The van der Waals surface area contributed by atoms with E-state index in [1.54, 1.807) is 32.0 Å². The zero-order valence-corrected chi connectivity index (χ0v) is 11.4. The fraction of sp³-hybridized carbons (Fsp3) is 0.231. The van der Waals surface area contributed by atoms with E-state index in [1.807, 2.05) is 0 Å². The second kappa shape index (κ2) is 5.36. The van der Waals surface area contributed by atoms with Gasteiger partial charge in [0.2, 0.25) is 0 Å². The Morgan fingerprint density at radius 2 is 2.16 bits per heavy atom. The predicted octanol–water partition coefficient (Wildman–Crippen LogP) is 2.66. The molecule has 1 aromatic heterocycles. The molecule has 0 aliphatic heterocycles. The van der Waals surface area contributed by atoms with E-state index in [4.69, 9.17) is 5.73 Å². The predicted molar refractivity (Wildman–Crippen MR) is 73.5 cm³/mol. The number of hydrogen-bond donors (Lipinski definition) is 2. The Kier molecular flexibility index (Phi) is 3.80. The highest BCUT2D eigenvalue weighted by Crippen LogP contribution is 2.22. The number of nitrogen functional groups attached to an aromatic ring is 1. The van der Waals surface area contributed by atoms with Gasteiger partial charge in [-0.3, -0.25) is 4.79 Å². The van der Waals surface area contributed by atoms with Crippen LogP contribution in [0, 0.1) is 12.7 Å². The topological polar surface area (TPSA) is 68.0 Å². The quantitative estimate of drug-likeness (QED) is 0.907. The van der Waals surface area contributed by atoms with Crippen molar-refractivity contribution in [2.24, 2.45) is 0 Å². The Hall–Kier alpha value is -1.95. The van der Waals surface area contributed by atoms with Crippen LogP contribution in [0.1, 0.15) is 33.9 Å². The molecule has 2 rings (SSSR count). The maximum Gasteiger partial charge on any atom is 0.263 e. The van der Waals surface area contributed by atoms with Crippen LogP contribution in [0.5, 0.6) is 0 Å². The number of amides is 1. The highest BCUT2D eigenvalue weighted by Gasteiger charge is 2.18. The second-order valence-electron chi connectivity index (χ2n) is 4.18. The molecule has 1 atom stereocenters. The second-order valence-corrected chi connectivity index (χ2v) is 5.21. The normalized spacial score (nSPS) is 12.2. The van der Waals surface area contributed by atoms with Crippen LogP contribution < -0.4 is 11.1 Å². The number of carbonyl (C=O) groups excluding carboxylic acids is 1. The molecule has 0 radical (unpaired) electrons. The number of hydrogen-bond acceptors (Lipinski definition) is 4. The molecule has 100 valence electrons. The molecule has 3 N–H and O–H groups in total. The zero-order chi connectivity index (χ0) is 14.0. The largest absolute Gasteiger partial charge is 0.375 e. The molecule has 1 heterocycles. The summed E-state index contributed by atoms with van der Waals surface area (Å²) in [4.78, 5) is 16.5. The number of nitrogens with two attached hydrogens (primary N) is 1. The van der Waals surface area contributed by atoms with Gasteiger partial charge in [-0.15, -0.1) is 0 Å². The number of carbonyl (C=O) groups is 1. The van der Waals surface area contributed by atoms with Gasteiger partial charge in [0.05, 0.1) is 11.7 Å². The van der Waals surface area contributed by atoms with Crippen molar-refractivity contribution in [3.63, 3.8) is 0 Å². The minimum absolute atomic E-state index is 0.289. The first-order chi connectivity index (χ1) is 8.99. The number of thiazole rings is 1. The third-order valence-corrected chi connectivity index (χ3v) is 3.72. The lowest BCUT2D eigenvalue weighted by Crippen LogP contribution is -2.27. The highest BCUT2D eigenvalue weighted by molar-refractivity contribution is 7.17. The van der Waals surface area contributed by atoms with Gasteiger partial charge in [-0.2, -0.15) is 0 Å². The Morgan fingerprint density at radius 1 is 1.47 bits per heavy atom. The van der Waals surface area contributed by atoms with Gasteiger partial charge >= 0.3 is 0 Å². The molecule has 6 heteroatoms. The summed E-state index contributed by atoms with van der Waals surface area (Å²) in [5, 5.41) is 3.09. The van der Waals surface area contributed by atoms with E-state index in [0.717, 1.165) is 11.3 Å². The number of nitrogens with one attached hydrogen (secondary N) is 1. The molecule has 1 aromatic carbocycles. The van der Waals surface area contributed by atoms with Crippen LogP contribution in [0.2, 0.25) is 0 Å². The van der Waals surface area contributed by atoms with Crippen molar-refractivity contribution in [3.05, 3.63) is 46.2 Å². The Bertz CT molecular complexity index is 612. The van der Waals surface area contributed by atoms with Crippen LogP contribution in [0.3, 0.4) is 0 Å². The molecule has 0 fully saturated rings. The van der Waals surface area contributed by atoms with Crippen molar-refractivity contribution in [1.29, 1.82) is 0 Å². The number of rotatable bonds is 3. The summed E-state index contributed by atoms with van der Waals surface area (Å²) in [6, 6.07) is 5.94. The smallest absolute Gasteiger partial charge is 0.263 e. The average Bonchev–Trinajstić information content (AvgIpc) is 2.69. The number of halogens is 1. The van der Waals surface area contributed by atoms with E-state index in [-0.39, 0.29) is 11.7 Å². The average molecular weight is 279 g/mol. The van der Waals surface area contributed by atoms with E-state index < -0.39 is 6.04 Å². The Labute approximate surface area is 114 Å². The van der Waals surface area contributed by atoms with Gasteiger partial charge in [0, 0.05) is 5.56 Å². The minimum atomic E-state index is -0.420. The van der Waals surface area contributed by atoms with Gasteiger partial charge in [-0.1, -0.05) is 29.5 Å². The molecule has 0 aliphatic rings. The summed E-state index contributed by atoms with van der Waals surface area (Å²) >= 11 is 1.12. The molecule has 0 saturated heterocycles. The molecular weight excluding hydrogens is 265 g/mol. The fourth-order valence-corrected chi connectivity index (χ4v) is 2.53. The van der Waals surface area contributed by atoms with E-state index in [0.29, 0.717) is 21.3 Å². The molecule has 0 unspecified atom stereocenters. The minimum Gasteiger partial charge on any atom is -0.375 e. The van der Waals surface area contributed by atoms with Crippen LogP contribution in [0.25, 0.3) is 0 Å². The number of aromatic nitrogens is 1. The first-order valence-electron chi connectivity index (χ1n) is 5.77. The van der Waals surface area contributed by atoms with Crippen LogP contribution >= 0.6 is 11.3 Å². The zero-order valence-electron chi connectivity index (χ0n) is 10.6. The first-order valence-corrected chi connectivity index (χ1v) is 6.59. The van der Waals surface area contributed by atoms with Crippen molar-refractivity contribution in [3.8, 4) is 0 Å². The summed E-state index contributed by atoms with van der Waals surface area (Å²) in [5.74, 6) is -0.627. The van der Waals surface area contributed by atoms with E-state index >= 15 is 0 Å². The van der Waals surface area contributed by atoms with Crippen molar-refractivity contribution in [1.82, 2.24) is 10.3 Å². The summed E-state index contributed by atoms with van der Waals surface area (Å²) in [6.07, 6.45) is 0. The van der Waals surface area contributed by atoms with Crippen LogP contribution in [0.15, 0.2) is 24.3 Å². The number of anilines is 1. The molecule has 0 bridgehead atoms. The van der Waals surface area contributed by atoms with Gasteiger partial charge in [-0.25, -0.2) is 9.37 Å². The third-order valence-electron chi connectivity index (χ3n) is 2.74. The number of aryl methyl sites for hydroxylation is 1. The monoisotopic (exact) mass is 279 g/mol. The van der Waals surface area contributed by atoms with Crippen molar-refractivity contribution in [2.75, 3.05) is 5.73 Å². The lowest BCUT2D eigenvalue weighted by Gasteiger charge is -2.14. The molecule has 1 amide bonds. The van der Waals surface area contributed by atoms with Gasteiger partial charge in [-0.05, 0) is 19.9 Å².